The lowest BCUT2D eigenvalue weighted by Gasteiger charge is -2.11. The fourth-order valence-corrected chi connectivity index (χ4v) is 4.42. The molecule has 0 spiro atoms. The Morgan fingerprint density at radius 2 is 2.00 bits per heavy atom. The number of hydrogen-bond donors (Lipinski definition) is 3. The number of aromatic nitrogens is 4. The fourth-order valence-electron chi connectivity index (χ4n) is 2.99. The number of thiazole rings is 1. The molecule has 0 bridgehead atoms. The molecular weight excluding hydrogens is 457 g/mol. The van der Waals surface area contributed by atoms with Crippen molar-refractivity contribution in [2.45, 2.75) is 13.3 Å². The molecule has 0 atom stereocenters. The Kier molecular flexibility index (Phi) is 6.26. The van der Waals surface area contributed by atoms with Gasteiger partial charge in [-0.2, -0.15) is 0 Å². The maximum Gasteiger partial charge on any atom is 0.209 e. The number of nitrogens with two attached hydrogens (primary N) is 1. The van der Waals surface area contributed by atoms with E-state index in [4.69, 9.17) is 33.9 Å². The summed E-state index contributed by atoms with van der Waals surface area (Å²) in [7, 11) is 0. The summed E-state index contributed by atoms with van der Waals surface area (Å²) in [5.74, 6) is 0.880. The molecule has 0 saturated heterocycles. The third kappa shape index (κ3) is 4.58. The van der Waals surface area contributed by atoms with Gasteiger partial charge in [-0.05, 0) is 18.2 Å². The van der Waals surface area contributed by atoms with Crippen LogP contribution < -0.4 is 16.4 Å². The van der Waals surface area contributed by atoms with Crippen LogP contribution in [0.4, 0.5) is 16.9 Å². The van der Waals surface area contributed by atoms with Gasteiger partial charge in [0.2, 0.25) is 5.95 Å². The second kappa shape index (κ2) is 9.09. The number of hydrogen-bond acceptors (Lipinski definition) is 8. The van der Waals surface area contributed by atoms with Crippen LogP contribution in [0.3, 0.4) is 0 Å². The molecule has 0 amide bonds. The van der Waals surface area contributed by atoms with E-state index in [1.54, 1.807) is 25.3 Å². The number of rotatable bonds is 8. The van der Waals surface area contributed by atoms with Crippen LogP contribution in [-0.4, -0.2) is 38.2 Å². The molecule has 0 radical (unpaired) electrons. The lowest BCUT2D eigenvalue weighted by Crippen LogP contribution is -2.16. The highest BCUT2D eigenvalue weighted by atomic mass is 35.5. The Balaban J connectivity index is 1.48. The first-order valence-corrected chi connectivity index (χ1v) is 11.1. The summed E-state index contributed by atoms with van der Waals surface area (Å²) in [5, 5.41) is 8.17. The van der Waals surface area contributed by atoms with E-state index in [1.807, 2.05) is 22.7 Å². The summed E-state index contributed by atoms with van der Waals surface area (Å²) in [6, 6.07) is 7.15. The van der Waals surface area contributed by atoms with Crippen molar-refractivity contribution < 1.29 is 4.79 Å². The number of anilines is 3. The Hall–Kier alpha value is -2.88. The maximum absolute atomic E-state index is 11.9. The molecule has 4 aromatic rings. The molecule has 0 fully saturated rings. The number of carbonyl (C=O) groups excluding carboxylic acids is 1. The van der Waals surface area contributed by atoms with E-state index in [-0.39, 0.29) is 11.6 Å². The van der Waals surface area contributed by atoms with Gasteiger partial charge in [0.05, 0.1) is 10.7 Å². The van der Waals surface area contributed by atoms with Crippen molar-refractivity contribution in [1.29, 1.82) is 0 Å². The van der Waals surface area contributed by atoms with Gasteiger partial charge in [-0.25, -0.2) is 15.0 Å². The topological polar surface area (TPSA) is 110 Å². The molecule has 0 saturated carbocycles. The average Bonchev–Trinajstić information content (AvgIpc) is 3.36. The molecular formula is C20H19Cl2N7OS. The molecule has 4 N–H and O–H groups in total. The van der Waals surface area contributed by atoms with Crippen molar-refractivity contribution in [2.75, 3.05) is 29.5 Å². The first-order valence-electron chi connectivity index (χ1n) is 9.53. The van der Waals surface area contributed by atoms with Crippen molar-refractivity contribution in [3.63, 3.8) is 0 Å². The summed E-state index contributed by atoms with van der Waals surface area (Å²) in [4.78, 5) is 25.7. The van der Waals surface area contributed by atoms with Crippen molar-refractivity contribution in [2.24, 2.45) is 0 Å². The van der Waals surface area contributed by atoms with E-state index < -0.39 is 0 Å². The molecule has 31 heavy (non-hydrogen) atoms. The summed E-state index contributed by atoms with van der Waals surface area (Å²) >= 11 is 13.6. The van der Waals surface area contributed by atoms with Crippen molar-refractivity contribution >= 4 is 62.9 Å². The summed E-state index contributed by atoms with van der Waals surface area (Å²) in [6.07, 6.45) is 3.93. The van der Waals surface area contributed by atoms with Gasteiger partial charge >= 0.3 is 0 Å². The van der Waals surface area contributed by atoms with E-state index in [2.05, 4.69) is 20.6 Å². The van der Waals surface area contributed by atoms with E-state index in [1.165, 1.54) is 11.3 Å². The first-order chi connectivity index (χ1) is 15.0. The number of fused-ring (bicyclic) bond motifs is 1. The molecule has 11 heteroatoms. The Morgan fingerprint density at radius 3 is 2.77 bits per heavy atom. The molecule has 0 unspecified atom stereocenters. The van der Waals surface area contributed by atoms with Gasteiger partial charge in [0.1, 0.15) is 16.3 Å². The Morgan fingerprint density at radius 1 is 1.19 bits per heavy atom. The number of nitrogens with zero attached hydrogens (tertiary/aromatic N) is 4. The van der Waals surface area contributed by atoms with Crippen LogP contribution in [0, 0.1) is 0 Å². The van der Waals surface area contributed by atoms with Crippen LogP contribution in [0.15, 0.2) is 36.7 Å². The lowest BCUT2D eigenvalue weighted by atomic mass is 10.1. The highest BCUT2D eigenvalue weighted by Crippen LogP contribution is 2.30. The van der Waals surface area contributed by atoms with Crippen LogP contribution in [0.1, 0.15) is 23.0 Å². The van der Waals surface area contributed by atoms with Gasteiger partial charge in [0.25, 0.3) is 0 Å². The van der Waals surface area contributed by atoms with Crippen molar-refractivity contribution in [3.8, 4) is 11.3 Å². The molecule has 3 heterocycles. The standard InChI is InChI=1S/C20H19Cl2N7OS/c1-2-15(30)17-18(23)28-20(31-17)26-6-5-25-19-27-14(10-16-24-7-8-29(16)19)12-4-3-11(21)9-13(12)22/h3-4,7-10H,2,5-6,23H2,1H3,(H,25,27)(H,26,28). The summed E-state index contributed by atoms with van der Waals surface area (Å²) in [6.45, 7) is 2.90. The highest BCUT2D eigenvalue weighted by Gasteiger charge is 2.14. The third-order valence-corrected chi connectivity index (χ3v) is 6.13. The largest absolute Gasteiger partial charge is 0.382 e. The minimum absolute atomic E-state index is 0.00875. The number of ketones is 1. The van der Waals surface area contributed by atoms with E-state index >= 15 is 0 Å². The minimum Gasteiger partial charge on any atom is -0.382 e. The monoisotopic (exact) mass is 475 g/mol. The molecule has 160 valence electrons. The zero-order chi connectivity index (χ0) is 22.0. The van der Waals surface area contributed by atoms with Crippen LogP contribution in [0.25, 0.3) is 16.9 Å². The summed E-state index contributed by atoms with van der Waals surface area (Å²) < 4.78 is 1.85. The molecule has 4 rings (SSSR count). The molecule has 0 aliphatic rings. The zero-order valence-electron chi connectivity index (χ0n) is 16.5. The Bertz CT molecular complexity index is 1250. The van der Waals surface area contributed by atoms with Crippen molar-refractivity contribution in [3.05, 3.63) is 51.6 Å². The molecule has 0 aliphatic heterocycles. The maximum atomic E-state index is 11.9. The predicted octanol–water partition coefficient (Wildman–Crippen LogP) is 4.86. The highest BCUT2D eigenvalue weighted by molar-refractivity contribution is 7.18. The first kappa shape index (κ1) is 21.4. The molecule has 1 aromatic carbocycles. The minimum atomic E-state index is -0.00875. The van der Waals surface area contributed by atoms with Gasteiger partial charge < -0.3 is 16.4 Å². The van der Waals surface area contributed by atoms with Crippen molar-refractivity contribution in [1.82, 2.24) is 19.4 Å². The third-order valence-electron chi connectivity index (χ3n) is 4.51. The molecule has 8 nitrogen and oxygen atoms in total. The van der Waals surface area contributed by atoms with E-state index in [0.29, 0.717) is 51.2 Å². The lowest BCUT2D eigenvalue weighted by molar-refractivity contribution is 0.0992. The molecule has 3 aromatic heterocycles. The average molecular weight is 476 g/mol. The summed E-state index contributed by atoms with van der Waals surface area (Å²) in [5.41, 5.74) is 8.03. The second-order valence-electron chi connectivity index (χ2n) is 6.61. The van der Waals surface area contributed by atoms with Crippen LogP contribution in [-0.2, 0) is 0 Å². The van der Waals surface area contributed by atoms with Crippen LogP contribution in [0.5, 0.6) is 0 Å². The number of nitrogens with one attached hydrogen (secondary N) is 2. The second-order valence-corrected chi connectivity index (χ2v) is 8.45. The molecule has 0 aliphatic carbocycles. The van der Waals surface area contributed by atoms with Gasteiger partial charge in [-0.1, -0.05) is 41.5 Å². The van der Waals surface area contributed by atoms with E-state index in [0.717, 1.165) is 11.2 Å². The zero-order valence-corrected chi connectivity index (χ0v) is 18.9. The quantitative estimate of drug-likeness (QED) is 0.246. The number of imidazole rings is 1. The number of Topliss-reactive ketones (excluding diaryl/α,β-unsaturated/α-hetero) is 1. The van der Waals surface area contributed by atoms with Crippen LogP contribution >= 0.6 is 34.5 Å². The smallest absolute Gasteiger partial charge is 0.209 e. The van der Waals surface area contributed by atoms with E-state index in [9.17, 15) is 4.79 Å². The van der Waals surface area contributed by atoms with Gasteiger partial charge in [0, 0.05) is 48.6 Å². The fraction of sp³-hybridized carbons (Fsp3) is 0.200. The number of halogens is 2. The normalized spacial score (nSPS) is 11.1. The van der Waals surface area contributed by atoms with Crippen LogP contribution in [0.2, 0.25) is 10.0 Å². The van der Waals surface area contributed by atoms with Gasteiger partial charge in [-0.15, -0.1) is 0 Å². The number of benzene rings is 1. The SMILES string of the molecule is CCC(=O)c1sc(NCCNc2nc(-c3ccc(Cl)cc3Cl)cc3nccn23)nc1N. The predicted molar refractivity (Wildman–Crippen MR) is 127 cm³/mol. The van der Waals surface area contributed by atoms with Gasteiger partial charge in [0.15, 0.2) is 10.9 Å². The number of carbonyl (C=O) groups is 1. The Labute approximate surface area is 192 Å². The number of nitrogen functional groups attached to an aromatic ring is 1. The van der Waals surface area contributed by atoms with Gasteiger partial charge in [-0.3, -0.25) is 9.20 Å².